The number of benzene rings is 3. The first-order chi connectivity index (χ1) is 15.1. The molecule has 1 atom stereocenters. The molecule has 7 heteroatoms. The van der Waals surface area contributed by atoms with Crippen molar-refractivity contribution in [1.82, 2.24) is 4.90 Å². The van der Waals surface area contributed by atoms with E-state index in [2.05, 4.69) is 5.32 Å². The number of hydrogen-bond donors (Lipinski definition) is 1. The number of rotatable bonds is 6. The minimum absolute atomic E-state index is 0.235. The Labute approximate surface area is 184 Å². The highest BCUT2D eigenvalue weighted by Gasteiger charge is 2.32. The fourth-order valence-corrected chi connectivity index (χ4v) is 4.68. The van der Waals surface area contributed by atoms with Crippen LogP contribution in [0, 0.1) is 5.82 Å². The van der Waals surface area contributed by atoms with E-state index in [9.17, 15) is 14.0 Å². The number of carbonyl (C=O) groups excluding carboxylic acids is 2. The Morgan fingerprint density at radius 2 is 1.71 bits per heavy atom. The second-order valence-corrected chi connectivity index (χ2v) is 8.12. The average molecular weight is 437 g/mol. The van der Waals surface area contributed by atoms with Crippen LogP contribution in [0.1, 0.15) is 21.3 Å². The van der Waals surface area contributed by atoms with E-state index in [0.29, 0.717) is 29.1 Å². The van der Waals surface area contributed by atoms with Gasteiger partial charge in [-0.3, -0.25) is 9.59 Å². The maximum Gasteiger partial charge on any atom is 0.261 e. The Balaban J connectivity index is 1.44. The Kier molecular flexibility index (Phi) is 6.52. The topological polar surface area (TPSA) is 58.6 Å². The molecule has 158 valence electrons. The number of halogens is 1. The Morgan fingerprint density at radius 3 is 2.52 bits per heavy atom. The fourth-order valence-electron chi connectivity index (χ4n) is 3.38. The lowest BCUT2D eigenvalue weighted by Crippen LogP contribution is -2.34. The third-order valence-corrected chi connectivity index (χ3v) is 6.14. The van der Waals surface area contributed by atoms with E-state index in [0.717, 1.165) is 5.75 Å². The van der Waals surface area contributed by atoms with Gasteiger partial charge in [0.05, 0.1) is 5.56 Å². The van der Waals surface area contributed by atoms with Crippen molar-refractivity contribution in [3.8, 4) is 5.75 Å². The fraction of sp³-hybridized carbons (Fsp3) is 0.167. The average Bonchev–Trinajstić information content (AvgIpc) is 3.28. The quantitative estimate of drug-likeness (QED) is 0.607. The number of hydrogen-bond acceptors (Lipinski definition) is 4. The van der Waals surface area contributed by atoms with Gasteiger partial charge in [-0.05, 0) is 30.3 Å². The number of thioether (sulfide) groups is 1. The van der Waals surface area contributed by atoms with Crippen molar-refractivity contribution >= 4 is 29.3 Å². The number of para-hydroxylation sites is 2. The summed E-state index contributed by atoms with van der Waals surface area (Å²) in [7, 11) is 0. The predicted molar refractivity (Wildman–Crippen MR) is 120 cm³/mol. The molecule has 5 nitrogen and oxygen atoms in total. The zero-order valence-corrected chi connectivity index (χ0v) is 17.5. The molecule has 0 saturated carbocycles. The first kappa shape index (κ1) is 20.9. The number of nitrogens with zero attached hydrogens (tertiary/aromatic N) is 1. The van der Waals surface area contributed by atoms with Gasteiger partial charge in [-0.15, -0.1) is 11.8 Å². The van der Waals surface area contributed by atoms with Crippen molar-refractivity contribution < 1.29 is 18.7 Å². The van der Waals surface area contributed by atoms with Gasteiger partial charge in [0.2, 0.25) is 0 Å². The molecule has 0 aliphatic carbocycles. The standard InChI is InChI=1S/C24H21FN2O3S/c25-20-12-6-4-10-18(20)24-27(14-15-31-24)22(28)16-30-21-13-7-5-11-19(21)23(29)26-17-8-2-1-3-9-17/h1-13,24H,14-16H2,(H,26,29)/t24-/m1/s1. The molecule has 0 unspecified atom stereocenters. The van der Waals surface area contributed by atoms with Crippen molar-refractivity contribution in [2.24, 2.45) is 0 Å². The lowest BCUT2D eigenvalue weighted by molar-refractivity contribution is -0.133. The van der Waals surface area contributed by atoms with Gasteiger partial charge in [0.15, 0.2) is 6.61 Å². The Hall–Kier alpha value is -3.32. The zero-order chi connectivity index (χ0) is 21.6. The van der Waals surface area contributed by atoms with Crippen LogP contribution in [0.3, 0.4) is 0 Å². The minimum atomic E-state index is -0.381. The molecule has 1 saturated heterocycles. The SMILES string of the molecule is O=C(Nc1ccccc1)c1ccccc1OCC(=O)N1CCS[C@@H]1c1ccccc1F. The van der Waals surface area contributed by atoms with E-state index in [-0.39, 0.29) is 29.6 Å². The van der Waals surface area contributed by atoms with E-state index in [1.807, 2.05) is 18.2 Å². The van der Waals surface area contributed by atoms with Crippen molar-refractivity contribution in [1.29, 1.82) is 0 Å². The maximum absolute atomic E-state index is 14.2. The molecule has 2 amide bonds. The van der Waals surface area contributed by atoms with Crippen LogP contribution >= 0.6 is 11.8 Å². The van der Waals surface area contributed by atoms with Gasteiger partial charge in [0, 0.05) is 23.5 Å². The largest absolute Gasteiger partial charge is 0.483 e. The molecule has 3 aromatic rings. The smallest absolute Gasteiger partial charge is 0.261 e. The molecule has 1 fully saturated rings. The summed E-state index contributed by atoms with van der Waals surface area (Å²) in [6, 6.07) is 22.4. The Morgan fingerprint density at radius 1 is 1.00 bits per heavy atom. The van der Waals surface area contributed by atoms with Gasteiger partial charge in [-0.1, -0.05) is 48.5 Å². The van der Waals surface area contributed by atoms with Gasteiger partial charge in [-0.2, -0.15) is 0 Å². The molecule has 1 N–H and O–H groups in total. The number of ether oxygens (including phenoxy) is 1. The van der Waals surface area contributed by atoms with Gasteiger partial charge < -0.3 is 15.0 Å². The molecule has 0 radical (unpaired) electrons. The number of anilines is 1. The summed E-state index contributed by atoms with van der Waals surface area (Å²) in [5.74, 6) is 0.134. The summed E-state index contributed by atoms with van der Waals surface area (Å²) in [4.78, 5) is 27.2. The molecule has 4 rings (SSSR count). The minimum Gasteiger partial charge on any atom is -0.483 e. The highest BCUT2D eigenvalue weighted by molar-refractivity contribution is 7.99. The molecule has 31 heavy (non-hydrogen) atoms. The molecule has 1 heterocycles. The summed E-state index contributed by atoms with van der Waals surface area (Å²) in [6.07, 6.45) is 0. The summed E-state index contributed by atoms with van der Waals surface area (Å²) < 4.78 is 20.0. The van der Waals surface area contributed by atoms with Crippen LogP contribution in [0.2, 0.25) is 0 Å². The number of carbonyl (C=O) groups is 2. The second kappa shape index (κ2) is 9.66. The monoisotopic (exact) mass is 436 g/mol. The highest BCUT2D eigenvalue weighted by Crippen LogP contribution is 2.39. The summed E-state index contributed by atoms with van der Waals surface area (Å²) >= 11 is 1.52. The number of amides is 2. The van der Waals surface area contributed by atoms with Crippen LogP contribution in [-0.2, 0) is 4.79 Å². The van der Waals surface area contributed by atoms with Crippen LogP contribution in [-0.4, -0.2) is 35.6 Å². The lowest BCUT2D eigenvalue weighted by atomic mass is 10.2. The van der Waals surface area contributed by atoms with Crippen molar-refractivity contribution in [2.45, 2.75) is 5.37 Å². The van der Waals surface area contributed by atoms with Gasteiger partial charge >= 0.3 is 0 Å². The van der Waals surface area contributed by atoms with Crippen LogP contribution in [0.25, 0.3) is 0 Å². The molecule has 0 bridgehead atoms. The normalized spacial score (nSPS) is 15.5. The first-order valence-corrected chi connectivity index (χ1v) is 10.9. The molecule has 3 aromatic carbocycles. The van der Waals surface area contributed by atoms with E-state index in [4.69, 9.17) is 4.74 Å². The van der Waals surface area contributed by atoms with Gasteiger partial charge in [-0.25, -0.2) is 4.39 Å². The molecule has 1 aliphatic rings. The molecular weight excluding hydrogens is 415 g/mol. The molecular formula is C24H21FN2O3S. The van der Waals surface area contributed by atoms with Crippen LogP contribution in [0.15, 0.2) is 78.9 Å². The lowest BCUT2D eigenvalue weighted by Gasteiger charge is -2.24. The predicted octanol–water partition coefficient (Wildman–Crippen LogP) is 4.73. The van der Waals surface area contributed by atoms with Crippen LogP contribution < -0.4 is 10.1 Å². The van der Waals surface area contributed by atoms with Crippen LogP contribution in [0.4, 0.5) is 10.1 Å². The van der Waals surface area contributed by atoms with Gasteiger partial charge in [0.1, 0.15) is 16.9 Å². The van der Waals surface area contributed by atoms with E-state index < -0.39 is 0 Å². The van der Waals surface area contributed by atoms with E-state index in [1.165, 1.54) is 17.8 Å². The second-order valence-electron chi connectivity index (χ2n) is 6.94. The van der Waals surface area contributed by atoms with Crippen molar-refractivity contribution in [3.05, 3.63) is 95.8 Å². The third kappa shape index (κ3) is 4.88. The van der Waals surface area contributed by atoms with E-state index in [1.54, 1.807) is 59.5 Å². The highest BCUT2D eigenvalue weighted by atomic mass is 32.2. The molecule has 0 spiro atoms. The first-order valence-electron chi connectivity index (χ1n) is 9.87. The maximum atomic E-state index is 14.2. The van der Waals surface area contributed by atoms with Gasteiger partial charge in [0.25, 0.3) is 11.8 Å². The summed E-state index contributed by atoms with van der Waals surface area (Å²) in [5.41, 5.74) is 1.49. The molecule has 1 aliphatic heterocycles. The summed E-state index contributed by atoms with van der Waals surface area (Å²) in [6.45, 7) is 0.281. The van der Waals surface area contributed by atoms with Crippen molar-refractivity contribution in [2.75, 3.05) is 24.2 Å². The Bertz CT molecular complexity index is 1080. The molecule has 0 aromatic heterocycles. The van der Waals surface area contributed by atoms with Crippen molar-refractivity contribution in [3.63, 3.8) is 0 Å². The van der Waals surface area contributed by atoms with E-state index >= 15 is 0 Å². The summed E-state index contributed by atoms with van der Waals surface area (Å²) in [5, 5.41) is 2.44. The third-order valence-electron chi connectivity index (χ3n) is 4.90. The number of nitrogens with one attached hydrogen (secondary N) is 1. The van der Waals surface area contributed by atoms with Crippen LogP contribution in [0.5, 0.6) is 5.75 Å². The zero-order valence-electron chi connectivity index (χ0n) is 16.7.